The van der Waals surface area contributed by atoms with Gasteiger partial charge in [-0.1, -0.05) is 6.07 Å². The van der Waals surface area contributed by atoms with E-state index in [0.717, 1.165) is 24.4 Å². The topological polar surface area (TPSA) is 63.4 Å². The van der Waals surface area contributed by atoms with Crippen molar-refractivity contribution in [2.24, 2.45) is 7.05 Å². The Labute approximate surface area is 157 Å². The fraction of sp³-hybridized carbons (Fsp3) is 0.350. The minimum absolute atomic E-state index is 0.0307. The van der Waals surface area contributed by atoms with E-state index in [0.29, 0.717) is 30.7 Å². The first-order valence-corrected chi connectivity index (χ1v) is 9.24. The van der Waals surface area contributed by atoms with Crippen LogP contribution in [0.25, 0.3) is 10.9 Å². The first-order valence-electron chi connectivity index (χ1n) is 9.24. The Hall–Kier alpha value is -3.09. The molecule has 0 bridgehead atoms. The van der Waals surface area contributed by atoms with Gasteiger partial charge in [-0.3, -0.25) is 9.59 Å². The Morgan fingerprint density at radius 3 is 2.59 bits per heavy atom. The molecule has 0 aromatic carbocycles. The number of amides is 1. The van der Waals surface area contributed by atoms with Crippen molar-refractivity contribution in [2.75, 3.05) is 31.1 Å². The van der Waals surface area contributed by atoms with Gasteiger partial charge in [0.25, 0.3) is 11.5 Å². The predicted octanol–water partition coefficient (Wildman–Crippen LogP) is 1.72. The summed E-state index contributed by atoms with van der Waals surface area (Å²) in [5.41, 5.74) is 1.30. The van der Waals surface area contributed by atoms with Crippen LogP contribution in [0.15, 0.2) is 47.5 Å². The van der Waals surface area contributed by atoms with Crippen LogP contribution in [0.3, 0.4) is 0 Å². The van der Waals surface area contributed by atoms with Gasteiger partial charge in [0, 0.05) is 52.2 Å². The molecule has 0 atom stereocenters. The molecule has 3 aromatic rings. The van der Waals surface area contributed by atoms with E-state index < -0.39 is 0 Å². The van der Waals surface area contributed by atoms with Crippen LogP contribution >= 0.6 is 0 Å². The summed E-state index contributed by atoms with van der Waals surface area (Å²) < 4.78 is 3.48. The molecule has 1 aliphatic heterocycles. The average Bonchev–Trinajstić information content (AvgIpc) is 3.06. The zero-order chi connectivity index (χ0) is 19.0. The van der Waals surface area contributed by atoms with Gasteiger partial charge in [-0.05, 0) is 31.2 Å². The van der Waals surface area contributed by atoms with Crippen molar-refractivity contribution in [2.45, 2.75) is 13.5 Å². The third-order valence-corrected chi connectivity index (χ3v) is 5.28. The van der Waals surface area contributed by atoms with Crippen molar-refractivity contribution < 1.29 is 4.79 Å². The number of carbonyl (C=O) groups is 1. The molecule has 4 rings (SSSR count). The van der Waals surface area contributed by atoms with Crippen LogP contribution in [-0.4, -0.2) is 51.1 Å². The zero-order valence-corrected chi connectivity index (χ0v) is 15.6. The Kier molecular flexibility index (Phi) is 4.43. The quantitative estimate of drug-likeness (QED) is 0.709. The van der Waals surface area contributed by atoms with Crippen molar-refractivity contribution in [3.63, 3.8) is 0 Å². The third-order valence-electron chi connectivity index (χ3n) is 5.28. The van der Waals surface area contributed by atoms with Crippen molar-refractivity contribution in [1.82, 2.24) is 19.0 Å². The van der Waals surface area contributed by atoms with Crippen LogP contribution in [0, 0.1) is 0 Å². The Morgan fingerprint density at radius 2 is 1.93 bits per heavy atom. The maximum Gasteiger partial charge on any atom is 0.270 e. The van der Waals surface area contributed by atoms with E-state index in [4.69, 9.17) is 0 Å². The van der Waals surface area contributed by atoms with Crippen molar-refractivity contribution in [3.8, 4) is 0 Å². The van der Waals surface area contributed by atoms with E-state index in [2.05, 4.69) is 9.88 Å². The lowest BCUT2D eigenvalue weighted by molar-refractivity contribution is 0.0737. The third kappa shape index (κ3) is 2.99. The van der Waals surface area contributed by atoms with Crippen molar-refractivity contribution >= 4 is 22.6 Å². The number of carbonyl (C=O) groups excluding carboxylic acids is 1. The second-order valence-electron chi connectivity index (χ2n) is 6.76. The second-order valence-corrected chi connectivity index (χ2v) is 6.76. The van der Waals surface area contributed by atoms with E-state index in [1.807, 2.05) is 47.7 Å². The molecule has 0 unspecified atom stereocenters. The number of rotatable bonds is 3. The summed E-state index contributed by atoms with van der Waals surface area (Å²) in [6.45, 7) is 5.31. The van der Waals surface area contributed by atoms with Crippen LogP contribution < -0.4 is 10.5 Å². The highest BCUT2D eigenvalue weighted by Gasteiger charge is 2.25. The number of hydrogen-bond acceptors (Lipinski definition) is 4. The van der Waals surface area contributed by atoms with Crippen molar-refractivity contribution in [3.05, 3.63) is 58.8 Å². The summed E-state index contributed by atoms with van der Waals surface area (Å²) in [6.07, 6.45) is 3.57. The van der Waals surface area contributed by atoms with Gasteiger partial charge in [-0.15, -0.1) is 0 Å². The van der Waals surface area contributed by atoms with Crippen molar-refractivity contribution in [1.29, 1.82) is 0 Å². The highest BCUT2D eigenvalue weighted by Crippen LogP contribution is 2.19. The van der Waals surface area contributed by atoms with E-state index in [1.165, 1.54) is 0 Å². The maximum absolute atomic E-state index is 13.1. The number of anilines is 1. The lowest BCUT2D eigenvalue weighted by Gasteiger charge is -2.35. The number of pyridine rings is 2. The molecule has 0 radical (unpaired) electrons. The molecule has 1 amide bonds. The monoisotopic (exact) mass is 365 g/mol. The SMILES string of the molecule is CCn1ccc2c(cc(C(=O)N3CCN(c4ccccn4)CC3)n2C)c1=O. The molecule has 0 saturated carbocycles. The number of aromatic nitrogens is 3. The van der Waals surface area contributed by atoms with Gasteiger partial charge < -0.3 is 18.9 Å². The molecule has 1 saturated heterocycles. The Bertz CT molecular complexity index is 1030. The Balaban J connectivity index is 1.56. The van der Waals surface area contributed by atoms with Crippen LogP contribution in [0.4, 0.5) is 5.82 Å². The Morgan fingerprint density at radius 1 is 1.15 bits per heavy atom. The molecular weight excluding hydrogens is 342 g/mol. The summed E-state index contributed by atoms with van der Waals surface area (Å²) >= 11 is 0. The summed E-state index contributed by atoms with van der Waals surface area (Å²) in [4.78, 5) is 34.0. The molecular formula is C20H23N5O2. The summed E-state index contributed by atoms with van der Waals surface area (Å²) in [6, 6.07) is 9.49. The number of hydrogen-bond donors (Lipinski definition) is 0. The largest absolute Gasteiger partial charge is 0.353 e. The lowest BCUT2D eigenvalue weighted by Crippen LogP contribution is -2.49. The molecule has 0 spiro atoms. The van der Waals surface area contributed by atoms with Crippen LogP contribution in [0.1, 0.15) is 17.4 Å². The minimum Gasteiger partial charge on any atom is -0.353 e. The molecule has 1 aliphatic rings. The van der Waals surface area contributed by atoms with E-state index in [-0.39, 0.29) is 11.5 Å². The minimum atomic E-state index is -0.0513. The van der Waals surface area contributed by atoms with Gasteiger partial charge in [-0.25, -0.2) is 4.98 Å². The van der Waals surface area contributed by atoms with E-state index in [1.54, 1.807) is 23.0 Å². The lowest BCUT2D eigenvalue weighted by atomic mass is 10.2. The molecule has 3 aromatic heterocycles. The second kappa shape index (κ2) is 6.90. The average molecular weight is 365 g/mol. The molecule has 0 N–H and O–H groups in total. The van der Waals surface area contributed by atoms with E-state index in [9.17, 15) is 9.59 Å². The summed E-state index contributed by atoms with van der Waals surface area (Å²) in [5.74, 6) is 0.908. The molecule has 140 valence electrons. The molecule has 4 heterocycles. The summed E-state index contributed by atoms with van der Waals surface area (Å²) in [7, 11) is 1.84. The zero-order valence-electron chi connectivity index (χ0n) is 15.6. The highest BCUT2D eigenvalue weighted by atomic mass is 16.2. The van der Waals surface area contributed by atoms with E-state index >= 15 is 0 Å². The van der Waals surface area contributed by atoms with Gasteiger partial charge in [0.05, 0.1) is 10.9 Å². The number of fused-ring (bicyclic) bond motifs is 1. The fourth-order valence-electron chi connectivity index (χ4n) is 3.67. The van der Waals surface area contributed by atoms with Gasteiger partial charge in [0.2, 0.25) is 0 Å². The van der Waals surface area contributed by atoms with Crippen LogP contribution in [0.5, 0.6) is 0 Å². The smallest absolute Gasteiger partial charge is 0.270 e. The number of aryl methyl sites for hydroxylation is 2. The normalized spacial score (nSPS) is 14.7. The standard InChI is InChI=1S/C20H23N5O2/c1-3-23-9-7-16-15(19(23)26)14-17(22(16)2)20(27)25-12-10-24(11-13-25)18-6-4-5-8-21-18/h4-9,14H,3,10-13H2,1-2H3. The van der Waals surface area contributed by atoms with Gasteiger partial charge in [0.1, 0.15) is 11.5 Å². The fourth-order valence-corrected chi connectivity index (χ4v) is 3.67. The van der Waals surface area contributed by atoms with Gasteiger partial charge in [-0.2, -0.15) is 0 Å². The summed E-state index contributed by atoms with van der Waals surface area (Å²) in [5, 5.41) is 0.595. The molecule has 27 heavy (non-hydrogen) atoms. The number of piperazine rings is 1. The van der Waals surface area contributed by atoms with Gasteiger partial charge >= 0.3 is 0 Å². The van der Waals surface area contributed by atoms with Crippen LogP contribution in [0.2, 0.25) is 0 Å². The first kappa shape index (κ1) is 17.3. The predicted molar refractivity (Wildman–Crippen MR) is 105 cm³/mol. The maximum atomic E-state index is 13.1. The first-order chi connectivity index (χ1) is 13.1. The number of nitrogens with zero attached hydrogens (tertiary/aromatic N) is 5. The highest BCUT2D eigenvalue weighted by molar-refractivity contribution is 5.98. The van der Waals surface area contributed by atoms with Gasteiger partial charge in [0.15, 0.2) is 0 Å². The molecule has 7 nitrogen and oxygen atoms in total. The molecule has 1 fully saturated rings. The molecule has 0 aliphatic carbocycles. The van der Waals surface area contributed by atoms with Crippen LogP contribution in [-0.2, 0) is 13.6 Å². The molecule has 7 heteroatoms.